The normalized spacial score (nSPS) is 9.71. The van der Waals surface area contributed by atoms with Crippen LogP contribution in [0.15, 0.2) is 0 Å². The minimum absolute atomic E-state index is 0. The summed E-state index contributed by atoms with van der Waals surface area (Å²) in [5, 5.41) is 3.28. The van der Waals surface area contributed by atoms with Gasteiger partial charge in [-0.15, -0.1) is 0 Å². The van der Waals surface area contributed by atoms with Crippen LogP contribution in [0.3, 0.4) is 0 Å². The van der Waals surface area contributed by atoms with Crippen molar-refractivity contribution < 1.29 is 224 Å². The van der Waals surface area contributed by atoms with Gasteiger partial charge in [-0.1, -0.05) is 29.8 Å². The SMILES string of the molecule is C1C[CH2][AlH][CH2]C1.[F-].[F-].[F-].[F-].[K+].[K+].[K+].[K+]. The molecule has 0 unspecified atom stereocenters. The van der Waals surface area contributed by atoms with Crippen LogP contribution >= 0.6 is 0 Å². The first-order chi connectivity index (χ1) is 3.00. The van der Waals surface area contributed by atoms with Crippen LogP contribution in [-0.4, -0.2) is 15.2 Å². The van der Waals surface area contributed by atoms with E-state index in [1.165, 1.54) is 6.42 Å². The first-order valence-corrected chi connectivity index (χ1v) is 5.00. The first-order valence-electron chi connectivity index (χ1n) is 3.00. The molecule has 0 bridgehead atoms. The molecule has 1 saturated heterocycles. The zero-order chi connectivity index (χ0) is 4.24. The molecule has 1 rings (SSSR count). The molecule has 0 atom stereocenters. The predicted molar refractivity (Wildman–Crippen MR) is 30.6 cm³/mol. The average Bonchev–Trinajstić information content (AvgIpc) is 1.72. The first kappa shape index (κ1) is 49.8. The van der Waals surface area contributed by atoms with Crippen LogP contribution in [0.5, 0.6) is 0 Å². The second kappa shape index (κ2) is 42.7. The molecule has 0 nitrogen and oxygen atoms in total. The van der Waals surface area contributed by atoms with Crippen molar-refractivity contribution in [2.75, 3.05) is 0 Å². The molecule has 0 aromatic heterocycles. The van der Waals surface area contributed by atoms with Gasteiger partial charge >= 0.3 is 206 Å². The number of halogens is 4. The Morgan fingerprint density at radius 2 is 0.786 bits per heavy atom. The standard InChI is InChI=1S/C5H10.Al.4FH.4K.H/c1-3-5-4-2;;;;;;;;;;/h1-5H2;;4*1H;;;;;/q;;;;;;4*+1;/p-4. The molecule has 9 heteroatoms. The van der Waals surface area contributed by atoms with Crippen molar-refractivity contribution in [1.29, 1.82) is 0 Å². The number of rotatable bonds is 0. The second-order valence-corrected chi connectivity index (χ2v) is 4.24. The quantitative estimate of drug-likeness (QED) is 0.306. The van der Waals surface area contributed by atoms with Crippen LogP contribution in [0.2, 0.25) is 10.6 Å². The van der Waals surface area contributed by atoms with E-state index in [-0.39, 0.29) is 224 Å². The topological polar surface area (TPSA) is 0 Å². The Kier molecular flexibility index (Phi) is 152. The average molecular weight is 331 g/mol. The summed E-state index contributed by atoms with van der Waals surface area (Å²) in [5.41, 5.74) is 0. The van der Waals surface area contributed by atoms with E-state index in [2.05, 4.69) is 0 Å². The Hall–Kier alpha value is 6.80. The van der Waals surface area contributed by atoms with Gasteiger partial charge in [0.25, 0.3) is 0 Å². The van der Waals surface area contributed by atoms with Crippen LogP contribution in [0.1, 0.15) is 19.3 Å². The fourth-order valence-corrected chi connectivity index (χ4v) is 2.83. The summed E-state index contributed by atoms with van der Waals surface area (Å²) >= 11 is 0.508. The number of hydrogen-bond acceptors (Lipinski definition) is 0. The van der Waals surface area contributed by atoms with Crippen LogP contribution in [0, 0.1) is 0 Å². The third kappa shape index (κ3) is 36.4. The Morgan fingerprint density at radius 3 is 0.857 bits per heavy atom. The van der Waals surface area contributed by atoms with Crippen LogP contribution in [0.25, 0.3) is 0 Å². The van der Waals surface area contributed by atoms with Gasteiger partial charge < -0.3 is 18.8 Å². The van der Waals surface area contributed by atoms with E-state index in [1.807, 2.05) is 0 Å². The van der Waals surface area contributed by atoms with Crippen molar-refractivity contribution in [3.8, 4) is 0 Å². The fourth-order valence-electron chi connectivity index (χ4n) is 1.06. The summed E-state index contributed by atoms with van der Waals surface area (Å²) in [5.74, 6) is 0. The summed E-state index contributed by atoms with van der Waals surface area (Å²) in [6, 6.07) is 0. The molecular weight excluding hydrogens is 319 g/mol. The maximum atomic E-state index is 1.64. The molecule has 1 fully saturated rings. The monoisotopic (exact) mass is 330 g/mol. The minimum atomic E-state index is 0. The molecule has 0 aromatic rings. The Morgan fingerprint density at radius 1 is 0.500 bits per heavy atom. The summed E-state index contributed by atoms with van der Waals surface area (Å²) in [6.45, 7) is 0. The van der Waals surface area contributed by atoms with Gasteiger partial charge in [0, 0.05) is 0 Å². The van der Waals surface area contributed by atoms with Crippen LogP contribution < -0.4 is 224 Å². The molecular formula is C5H11AlF4K4. The van der Waals surface area contributed by atoms with Gasteiger partial charge in [-0.05, 0) is 0 Å². The maximum absolute atomic E-state index is 1.64. The molecule has 0 N–H and O–H groups in total. The van der Waals surface area contributed by atoms with E-state index >= 15 is 0 Å². The molecule has 0 amide bonds. The molecule has 14 heavy (non-hydrogen) atoms. The molecule has 0 saturated carbocycles. The van der Waals surface area contributed by atoms with Gasteiger partial charge in [0.1, 0.15) is 0 Å². The fraction of sp³-hybridized carbons (Fsp3) is 1.00. The summed E-state index contributed by atoms with van der Waals surface area (Å²) in [4.78, 5) is 0. The Balaban J connectivity index is -0.00000000750. The maximum Gasteiger partial charge on any atom is 1.00 e. The van der Waals surface area contributed by atoms with E-state index in [9.17, 15) is 0 Å². The second-order valence-electron chi connectivity index (χ2n) is 2.12. The van der Waals surface area contributed by atoms with Crippen molar-refractivity contribution in [1.82, 2.24) is 0 Å². The molecule has 0 aromatic carbocycles. The Bertz CT molecular complexity index is 41.2. The van der Waals surface area contributed by atoms with Crippen molar-refractivity contribution in [3.63, 3.8) is 0 Å². The third-order valence-corrected chi connectivity index (χ3v) is 3.50. The summed E-state index contributed by atoms with van der Waals surface area (Å²) in [7, 11) is 0. The van der Waals surface area contributed by atoms with Crippen molar-refractivity contribution >= 4 is 15.2 Å². The number of hydrogen-bond donors (Lipinski definition) is 0. The molecule has 0 radical (unpaired) electrons. The smallest absolute Gasteiger partial charge is 1.00 e. The van der Waals surface area contributed by atoms with Crippen molar-refractivity contribution in [3.05, 3.63) is 0 Å². The predicted octanol–water partition coefficient (Wildman–Crippen LogP) is -22.5. The van der Waals surface area contributed by atoms with Crippen LogP contribution in [0.4, 0.5) is 0 Å². The van der Waals surface area contributed by atoms with E-state index in [0.717, 1.165) is 0 Å². The van der Waals surface area contributed by atoms with Gasteiger partial charge in [0.05, 0.1) is 0 Å². The van der Waals surface area contributed by atoms with Gasteiger partial charge in [-0.25, -0.2) is 0 Å². The van der Waals surface area contributed by atoms with Gasteiger partial charge in [-0.3, -0.25) is 0 Å². The molecule has 1 heterocycles. The molecule has 0 spiro atoms. The third-order valence-electron chi connectivity index (χ3n) is 1.50. The van der Waals surface area contributed by atoms with Crippen molar-refractivity contribution in [2.45, 2.75) is 29.8 Å². The Labute approximate surface area is 260 Å². The van der Waals surface area contributed by atoms with Gasteiger partial charge in [-0.2, -0.15) is 0 Å². The van der Waals surface area contributed by atoms with Crippen molar-refractivity contribution in [2.24, 2.45) is 0 Å². The zero-order valence-electron chi connectivity index (χ0n) is 9.75. The van der Waals surface area contributed by atoms with Gasteiger partial charge in [0.15, 0.2) is 0 Å². The molecule has 1 aliphatic heterocycles. The van der Waals surface area contributed by atoms with E-state index in [0.29, 0.717) is 15.2 Å². The largest absolute Gasteiger partial charge is 1.00 e. The van der Waals surface area contributed by atoms with E-state index in [4.69, 9.17) is 0 Å². The zero-order valence-corrected chi connectivity index (χ0v) is 23.7. The molecule has 66 valence electrons. The van der Waals surface area contributed by atoms with Crippen LogP contribution in [-0.2, 0) is 0 Å². The summed E-state index contributed by atoms with van der Waals surface area (Å²) in [6.07, 6.45) is 4.66. The van der Waals surface area contributed by atoms with E-state index in [1.54, 1.807) is 23.4 Å². The van der Waals surface area contributed by atoms with E-state index < -0.39 is 0 Å². The minimum Gasteiger partial charge on any atom is -1.00 e. The van der Waals surface area contributed by atoms with Gasteiger partial charge in [0.2, 0.25) is 15.2 Å². The molecule has 0 aliphatic carbocycles. The molecule has 1 aliphatic rings. The summed E-state index contributed by atoms with van der Waals surface area (Å²) < 4.78 is 0.